The van der Waals surface area contributed by atoms with Gasteiger partial charge in [0.15, 0.2) is 0 Å². The fourth-order valence-electron chi connectivity index (χ4n) is 3.31. The van der Waals surface area contributed by atoms with Crippen molar-refractivity contribution in [1.82, 2.24) is 10.2 Å². The van der Waals surface area contributed by atoms with E-state index in [1.165, 1.54) is 4.90 Å². The van der Waals surface area contributed by atoms with E-state index in [0.29, 0.717) is 29.6 Å². The van der Waals surface area contributed by atoms with Gasteiger partial charge in [-0.15, -0.1) is 0 Å². The van der Waals surface area contributed by atoms with Gasteiger partial charge in [0.1, 0.15) is 18.3 Å². The number of ether oxygens (including phenoxy) is 1. The molecular formula is C25H34ClN3O5S. The number of nitrogens with zero attached hydrogens (tertiary/aromatic N) is 2. The van der Waals surface area contributed by atoms with Crippen LogP contribution in [0.2, 0.25) is 5.02 Å². The number of carbonyl (C=O) groups is 2. The van der Waals surface area contributed by atoms with Crippen LogP contribution in [-0.4, -0.2) is 57.1 Å². The highest BCUT2D eigenvalue weighted by molar-refractivity contribution is 7.92. The maximum Gasteiger partial charge on any atom is 0.244 e. The predicted octanol–water partition coefficient (Wildman–Crippen LogP) is 3.69. The van der Waals surface area contributed by atoms with Gasteiger partial charge in [-0.3, -0.25) is 13.9 Å². The molecule has 2 aromatic carbocycles. The second kappa shape index (κ2) is 12.8. The van der Waals surface area contributed by atoms with Gasteiger partial charge in [-0.05, 0) is 61.7 Å². The van der Waals surface area contributed by atoms with Crippen LogP contribution in [0.3, 0.4) is 0 Å². The summed E-state index contributed by atoms with van der Waals surface area (Å²) < 4.78 is 31.7. The summed E-state index contributed by atoms with van der Waals surface area (Å²) in [5, 5.41) is 3.40. The number of hydrogen-bond acceptors (Lipinski definition) is 5. The number of halogens is 1. The first-order chi connectivity index (χ1) is 16.4. The minimum absolute atomic E-state index is 0.118. The van der Waals surface area contributed by atoms with Gasteiger partial charge in [-0.1, -0.05) is 37.6 Å². The normalized spacial score (nSPS) is 12.2. The molecule has 2 aromatic rings. The lowest BCUT2D eigenvalue weighted by atomic mass is 10.1. The molecule has 35 heavy (non-hydrogen) atoms. The Morgan fingerprint density at radius 1 is 1.03 bits per heavy atom. The van der Waals surface area contributed by atoms with Crippen LogP contribution in [0.1, 0.15) is 33.3 Å². The van der Waals surface area contributed by atoms with Gasteiger partial charge < -0.3 is 15.0 Å². The Morgan fingerprint density at radius 2 is 1.63 bits per heavy atom. The molecule has 0 bridgehead atoms. The zero-order valence-corrected chi connectivity index (χ0v) is 22.4. The zero-order chi connectivity index (χ0) is 26.2. The molecule has 0 unspecified atom stereocenters. The van der Waals surface area contributed by atoms with Crippen molar-refractivity contribution in [2.24, 2.45) is 5.92 Å². The second-order valence-electron chi connectivity index (χ2n) is 8.66. The number of nitrogens with one attached hydrogen (secondary N) is 1. The monoisotopic (exact) mass is 523 g/mol. The molecule has 0 saturated carbocycles. The average molecular weight is 524 g/mol. The van der Waals surface area contributed by atoms with Gasteiger partial charge in [-0.25, -0.2) is 8.42 Å². The number of hydrogen-bond donors (Lipinski definition) is 1. The standard InChI is InChI=1S/C25H34ClN3O5S/c1-6-34-23-13-11-22(12-14-23)29(35(5,32)33)17-24(30)28(16-20-7-9-21(26)10-8-20)19(4)25(31)27-15-18(2)3/h7-14,18-19H,6,15-17H2,1-5H3,(H,27,31)/t19-/m0/s1. The van der Waals surface area contributed by atoms with Crippen molar-refractivity contribution < 1.29 is 22.7 Å². The summed E-state index contributed by atoms with van der Waals surface area (Å²) in [7, 11) is -3.79. The summed E-state index contributed by atoms with van der Waals surface area (Å²) in [4.78, 5) is 27.7. The molecule has 2 rings (SSSR count). The molecule has 2 amide bonds. The highest BCUT2D eigenvalue weighted by atomic mass is 35.5. The molecule has 8 nitrogen and oxygen atoms in total. The first-order valence-electron chi connectivity index (χ1n) is 11.4. The topological polar surface area (TPSA) is 96.0 Å². The summed E-state index contributed by atoms with van der Waals surface area (Å²) in [6.07, 6.45) is 1.04. The van der Waals surface area contributed by atoms with Crippen molar-refractivity contribution in [3.05, 3.63) is 59.1 Å². The lowest BCUT2D eigenvalue weighted by molar-refractivity contribution is -0.139. The van der Waals surface area contributed by atoms with Gasteiger partial charge in [-0.2, -0.15) is 0 Å². The number of benzene rings is 2. The van der Waals surface area contributed by atoms with Crippen LogP contribution in [0.5, 0.6) is 5.75 Å². The molecule has 0 aliphatic carbocycles. The van der Waals surface area contributed by atoms with E-state index < -0.39 is 28.5 Å². The largest absolute Gasteiger partial charge is 0.494 e. The molecule has 0 fully saturated rings. The number of sulfonamides is 1. The quantitative estimate of drug-likeness (QED) is 0.457. The van der Waals surface area contributed by atoms with Crippen LogP contribution in [0.15, 0.2) is 48.5 Å². The van der Waals surface area contributed by atoms with Gasteiger partial charge >= 0.3 is 0 Å². The van der Waals surface area contributed by atoms with Crippen LogP contribution < -0.4 is 14.4 Å². The van der Waals surface area contributed by atoms with E-state index in [0.717, 1.165) is 16.1 Å². The summed E-state index contributed by atoms with van der Waals surface area (Å²) in [5.74, 6) is 0.0160. The summed E-state index contributed by atoms with van der Waals surface area (Å²) in [6, 6.07) is 12.6. The van der Waals surface area contributed by atoms with E-state index in [9.17, 15) is 18.0 Å². The Labute approximate surface area is 213 Å². The summed E-state index contributed by atoms with van der Waals surface area (Å²) >= 11 is 5.99. The van der Waals surface area contributed by atoms with Gasteiger partial charge in [0.05, 0.1) is 18.6 Å². The van der Waals surface area contributed by atoms with E-state index in [1.54, 1.807) is 55.5 Å². The van der Waals surface area contributed by atoms with Crippen LogP contribution in [0.4, 0.5) is 5.69 Å². The van der Waals surface area contributed by atoms with Gasteiger partial charge in [0, 0.05) is 18.1 Å². The van der Waals surface area contributed by atoms with Gasteiger partial charge in [0.2, 0.25) is 21.8 Å². The van der Waals surface area contributed by atoms with Crippen molar-refractivity contribution in [2.45, 2.75) is 40.3 Å². The average Bonchev–Trinajstić information content (AvgIpc) is 2.80. The Bertz CT molecular complexity index is 1090. The molecule has 192 valence electrons. The maximum absolute atomic E-state index is 13.5. The third-order valence-corrected chi connectivity index (χ3v) is 6.63. The first kappa shape index (κ1) is 28.5. The third kappa shape index (κ3) is 8.74. The highest BCUT2D eigenvalue weighted by Gasteiger charge is 2.30. The fraction of sp³-hybridized carbons (Fsp3) is 0.440. The van der Waals surface area contributed by atoms with Crippen molar-refractivity contribution in [2.75, 3.05) is 30.3 Å². The number of carbonyl (C=O) groups excluding carboxylic acids is 2. The molecule has 0 heterocycles. The molecule has 0 aliphatic heterocycles. The van der Waals surface area contributed by atoms with E-state index in [4.69, 9.17) is 16.3 Å². The first-order valence-corrected chi connectivity index (χ1v) is 13.7. The van der Waals surface area contributed by atoms with Crippen LogP contribution in [-0.2, 0) is 26.2 Å². The van der Waals surface area contributed by atoms with Crippen molar-refractivity contribution in [1.29, 1.82) is 0 Å². The number of anilines is 1. The third-order valence-electron chi connectivity index (χ3n) is 5.23. The van der Waals surface area contributed by atoms with Gasteiger partial charge in [0.25, 0.3) is 0 Å². The van der Waals surface area contributed by atoms with Crippen molar-refractivity contribution in [3.63, 3.8) is 0 Å². The van der Waals surface area contributed by atoms with E-state index in [2.05, 4.69) is 5.32 Å². The Balaban J connectivity index is 2.33. The molecule has 10 heteroatoms. The minimum atomic E-state index is -3.79. The van der Waals surface area contributed by atoms with Crippen molar-refractivity contribution >= 4 is 39.1 Å². The Kier molecular flexibility index (Phi) is 10.4. The van der Waals surface area contributed by atoms with Crippen LogP contribution >= 0.6 is 11.6 Å². The summed E-state index contributed by atoms with van der Waals surface area (Å²) in [5.41, 5.74) is 1.09. The van der Waals surface area contributed by atoms with Crippen molar-refractivity contribution in [3.8, 4) is 5.75 Å². The number of rotatable bonds is 12. The molecule has 0 spiro atoms. The minimum Gasteiger partial charge on any atom is -0.494 e. The molecular weight excluding hydrogens is 490 g/mol. The molecule has 0 saturated heterocycles. The predicted molar refractivity (Wildman–Crippen MR) is 139 cm³/mol. The van der Waals surface area contributed by atoms with E-state index >= 15 is 0 Å². The lowest BCUT2D eigenvalue weighted by Crippen LogP contribution is -2.51. The fourth-order valence-corrected chi connectivity index (χ4v) is 4.29. The zero-order valence-electron chi connectivity index (χ0n) is 20.8. The molecule has 0 aliphatic rings. The molecule has 0 aromatic heterocycles. The van der Waals surface area contributed by atoms with E-state index in [-0.39, 0.29) is 18.4 Å². The highest BCUT2D eigenvalue weighted by Crippen LogP contribution is 2.23. The SMILES string of the molecule is CCOc1ccc(N(CC(=O)N(Cc2ccc(Cl)cc2)[C@@H](C)C(=O)NCC(C)C)S(C)(=O)=O)cc1. The second-order valence-corrected chi connectivity index (χ2v) is 11.0. The Morgan fingerprint density at radius 3 is 2.14 bits per heavy atom. The van der Waals surface area contributed by atoms with Crippen LogP contribution in [0, 0.1) is 5.92 Å². The van der Waals surface area contributed by atoms with E-state index in [1.807, 2.05) is 20.8 Å². The van der Waals surface area contributed by atoms with Crippen LogP contribution in [0.25, 0.3) is 0 Å². The maximum atomic E-state index is 13.5. The molecule has 1 N–H and O–H groups in total. The lowest BCUT2D eigenvalue weighted by Gasteiger charge is -2.31. The molecule has 1 atom stereocenters. The Hall–Kier alpha value is -2.78. The smallest absolute Gasteiger partial charge is 0.244 e. The molecule has 0 radical (unpaired) electrons. The number of amides is 2. The summed E-state index contributed by atoms with van der Waals surface area (Å²) in [6.45, 7) is 8.03.